The first-order valence-corrected chi connectivity index (χ1v) is 12.1. The van der Waals surface area contributed by atoms with Gasteiger partial charge in [-0.15, -0.1) is 0 Å². The van der Waals surface area contributed by atoms with Crippen LogP contribution >= 0.6 is 0 Å². The lowest BCUT2D eigenvalue weighted by atomic mass is 9.94. The zero-order valence-electron chi connectivity index (χ0n) is 21.2. The summed E-state index contributed by atoms with van der Waals surface area (Å²) in [6.07, 6.45) is 0. The summed E-state index contributed by atoms with van der Waals surface area (Å²) in [6.45, 7) is 6.74. The van der Waals surface area contributed by atoms with Gasteiger partial charge in [0.1, 0.15) is 5.76 Å². The second-order valence-electron chi connectivity index (χ2n) is 8.70. The number of nitrogens with zero attached hydrogens (tertiary/aromatic N) is 2. The first kappa shape index (κ1) is 25.3. The Morgan fingerprint density at radius 3 is 2.28 bits per heavy atom. The minimum Gasteiger partial charge on any atom is -0.507 e. The van der Waals surface area contributed by atoms with Gasteiger partial charge in [0.15, 0.2) is 11.5 Å². The molecular weight excluding hydrogens is 456 g/mol. The molecular formula is C29H32N2O5. The molecule has 7 nitrogen and oxygen atoms in total. The largest absolute Gasteiger partial charge is 0.507 e. The van der Waals surface area contributed by atoms with E-state index in [0.29, 0.717) is 35.7 Å². The van der Waals surface area contributed by atoms with Crippen LogP contribution in [-0.2, 0) is 9.59 Å². The molecule has 0 radical (unpaired) electrons. The Hall–Kier alpha value is -3.84. The van der Waals surface area contributed by atoms with Crippen molar-refractivity contribution in [3.05, 3.63) is 77.4 Å². The quantitative estimate of drug-likeness (QED) is 0.269. The monoisotopic (exact) mass is 488 g/mol. The maximum absolute atomic E-state index is 13.4. The highest BCUT2D eigenvalue weighted by Crippen LogP contribution is 2.42. The van der Waals surface area contributed by atoms with Crippen LogP contribution in [0.15, 0.2) is 66.2 Å². The molecule has 3 aromatic carbocycles. The molecule has 4 rings (SSSR count). The van der Waals surface area contributed by atoms with Crippen LogP contribution in [0.5, 0.6) is 11.5 Å². The molecule has 1 atom stereocenters. The third-order valence-corrected chi connectivity index (χ3v) is 6.84. The molecule has 7 heteroatoms. The fourth-order valence-corrected chi connectivity index (χ4v) is 4.76. The third kappa shape index (κ3) is 4.66. The number of likely N-dealkylation sites (N-methyl/N-ethyl adjacent to an activating group) is 1. The first-order valence-electron chi connectivity index (χ1n) is 12.1. The number of ether oxygens (including phenoxy) is 2. The van der Waals surface area contributed by atoms with E-state index >= 15 is 0 Å². The molecule has 1 heterocycles. The highest BCUT2D eigenvalue weighted by molar-refractivity contribution is 6.46. The number of ketones is 1. The lowest BCUT2D eigenvalue weighted by Gasteiger charge is -2.28. The Labute approximate surface area is 211 Å². The summed E-state index contributed by atoms with van der Waals surface area (Å²) in [5, 5.41) is 13.4. The van der Waals surface area contributed by atoms with E-state index in [9.17, 15) is 14.7 Å². The van der Waals surface area contributed by atoms with Crippen LogP contribution in [0.3, 0.4) is 0 Å². The van der Waals surface area contributed by atoms with Crippen molar-refractivity contribution in [2.45, 2.75) is 19.9 Å². The standard InChI is InChI=1S/C29H32N2O5/c1-5-30(6-2)15-16-31-26(21-13-14-23(35-3)24(18-21)36-4)25(28(33)29(31)34)27(32)22-12-11-19-9-7-8-10-20(19)17-22/h7-14,17-18,26,32H,5-6,15-16H2,1-4H3/b27-25+. The zero-order chi connectivity index (χ0) is 25.8. The van der Waals surface area contributed by atoms with Gasteiger partial charge in [0.25, 0.3) is 11.7 Å². The first-order chi connectivity index (χ1) is 17.4. The molecule has 36 heavy (non-hydrogen) atoms. The normalized spacial score (nSPS) is 17.2. The molecule has 188 valence electrons. The Morgan fingerprint density at radius 1 is 0.917 bits per heavy atom. The molecule has 1 aliphatic rings. The topological polar surface area (TPSA) is 79.3 Å². The lowest BCUT2D eigenvalue weighted by Crippen LogP contribution is -2.38. The third-order valence-electron chi connectivity index (χ3n) is 6.84. The maximum atomic E-state index is 13.4. The van der Waals surface area contributed by atoms with Crippen molar-refractivity contribution in [2.24, 2.45) is 0 Å². The van der Waals surface area contributed by atoms with Crippen LogP contribution in [0.2, 0.25) is 0 Å². The van der Waals surface area contributed by atoms with Crippen molar-refractivity contribution < 1.29 is 24.2 Å². The van der Waals surface area contributed by atoms with E-state index in [1.807, 2.05) is 36.4 Å². The highest BCUT2D eigenvalue weighted by atomic mass is 16.5. The lowest BCUT2D eigenvalue weighted by molar-refractivity contribution is -0.140. The van der Waals surface area contributed by atoms with Crippen molar-refractivity contribution in [2.75, 3.05) is 40.4 Å². The molecule has 1 aliphatic heterocycles. The Morgan fingerprint density at radius 2 is 1.61 bits per heavy atom. The van der Waals surface area contributed by atoms with Gasteiger partial charge in [0, 0.05) is 18.7 Å². The van der Waals surface area contributed by atoms with E-state index in [0.717, 1.165) is 23.9 Å². The van der Waals surface area contributed by atoms with E-state index in [4.69, 9.17) is 9.47 Å². The maximum Gasteiger partial charge on any atom is 0.295 e. The predicted octanol–water partition coefficient (Wildman–Crippen LogP) is 4.62. The smallest absolute Gasteiger partial charge is 0.295 e. The summed E-state index contributed by atoms with van der Waals surface area (Å²) in [5.74, 6) is -0.487. The summed E-state index contributed by atoms with van der Waals surface area (Å²) in [6, 6.07) is 17.8. The number of likely N-dealkylation sites (tertiary alicyclic amines) is 1. The van der Waals surface area contributed by atoms with Gasteiger partial charge in [0.2, 0.25) is 0 Å². The fourth-order valence-electron chi connectivity index (χ4n) is 4.76. The van der Waals surface area contributed by atoms with Crippen LogP contribution in [0, 0.1) is 0 Å². The molecule has 1 saturated heterocycles. The molecule has 0 aromatic heterocycles. The number of fused-ring (bicyclic) bond motifs is 1. The van der Waals surface area contributed by atoms with Gasteiger partial charge in [-0.25, -0.2) is 0 Å². The fraction of sp³-hybridized carbons (Fsp3) is 0.310. The molecule has 0 aliphatic carbocycles. The van der Waals surface area contributed by atoms with Crippen molar-refractivity contribution >= 4 is 28.2 Å². The van der Waals surface area contributed by atoms with Gasteiger partial charge in [-0.1, -0.05) is 56.3 Å². The molecule has 3 aromatic rings. The second kappa shape index (κ2) is 10.8. The molecule has 0 bridgehead atoms. The van der Waals surface area contributed by atoms with Crippen LogP contribution in [-0.4, -0.2) is 67.0 Å². The van der Waals surface area contributed by atoms with Gasteiger partial charge in [-0.3, -0.25) is 9.59 Å². The van der Waals surface area contributed by atoms with Gasteiger partial charge in [0.05, 0.1) is 25.8 Å². The minimum absolute atomic E-state index is 0.0713. The average molecular weight is 489 g/mol. The number of hydrogen-bond donors (Lipinski definition) is 1. The van der Waals surface area contributed by atoms with Gasteiger partial charge in [-0.05, 0) is 47.6 Å². The summed E-state index contributed by atoms with van der Waals surface area (Å²) in [5.41, 5.74) is 1.22. The SMILES string of the molecule is CCN(CC)CCN1C(=O)C(=O)/C(=C(/O)c2ccc3ccccc3c2)C1c1ccc(OC)c(OC)c1. The van der Waals surface area contributed by atoms with Crippen LogP contribution < -0.4 is 9.47 Å². The number of carbonyl (C=O) groups excluding carboxylic acids is 2. The van der Waals surface area contributed by atoms with Crippen molar-refractivity contribution in [3.63, 3.8) is 0 Å². The van der Waals surface area contributed by atoms with E-state index in [2.05, 4.69) is 18.7 Å². The number of benzene rings is 3. The molecule has 0 saturated carbocycles. The number of hydrogen-bond acceptors (Lipinski definition) is 6. The minimum atomic E-state index is -0.758. The number of amides is 1. The van der Waals surface area contributed by atoms with Crippen LogP contribution in [0.25, 0.3) is 16.5 Å². The number of aliphatic hydroxyl groups is 1. The van der Waals surface area contributed by atoms with Crippen molar-refractivity contribution in [1.29, 1.82) is 0 Å². The number of carbonyl (C=O) groups is 2. The molecule has 1 N–H and O–H groups in total. The predicted molar refractivity (Wildman–Crippen MR) is 140 cm³/mol. The number of Topliss-reactive ketones (excluding diaryl/α,β-unsaturated/α-hetero) is 1. The summed E-state index contributed by atoms with van der Waals surface area (Å²) in [7, 11) is 3.08. The van der Waals surface area contributed by atoms with E-state index in [-0.39, 0.29) is 11.3 Å². The van der Waals surface area contributed by atoms with Crippen molar-refractivity contribution in [3.8, 4) is 11.5 Å². The van der Waals surface area contributed by atoms with E-state index in [1.54, 1.807) is 36.3 Å². The number of rotatable bonds is 9. The summed E-state index contributed by atoms with van der Waals surface area (Å²) >= 11 is 0. The van der Waals surface area contributed by atoms with Crippen LogP contribution in [0.1, 0.15) is 31.0 Å². The Balaban J connectivity index is 1.86. The summed E-state index contributed by atoms with van der Waals surface area (Å²) in [4.78, 5) is 30.4. The molecule has 1 amide bonds. The molecule has 0 spiro atoms. The molecule has 1 unspecified atom stereocenters. The highest BCUT2D eigenvalue weighted by Gasteiger charge is 2.46. The van der Waals surface area contributed by atoms with E-state index in [1.165, 1.54) is 7.11 Å². The number of methoxy groups -OCH3 is 2. The summed E-state index contributed by atoms with van der Waals surface area (Å²) < 4.78 is 10.9. The van der Waals surface area contributed by atoms with E-state index < -0.39 is 17.7 Å². The van der Waals surface area contributed by atoms with Crippen LogP contribution in [0.4, 0.5) is 0 Å². The average Bonchev–Trinajstić information content (AvgIpc) is 3.17. The van der Waals surface area contributed by atoms with Gasteiger partial charge in [-0.2, -0.15) is 0 Å². The number of aliphatic hydroxyl groups excluding tert-OH is 1. The van der Waals surface area contributed by atoms with Gasteiger partial charge >= 0.3 is 0 Å². The van der Waals surface area contributed by atoms with Crippen molar-refractivity contribution in [1.82, 2.24) is 9.80 Å². The second-order valence-corrected chi connectivity index (χ2v) is 8.70. The van der Waals surface area contributed by atoms with Gasteiger partial charge < -0.3 is 24.4 Å². The zero-order valence-corrected chi connectivity index (χ0v) is 21.2. The Bertz CT molecular complexity index is 1310. The Kier molecular flexibility index (Phi) is 7.60. The molecule has 1 fully saturated rings.